The molecule has 8 aromatic rings. The van der Waals surface area contributed by atoms with Crippen molar-refractivity contribution in [3.63, 3.8) is 0 Å². The van der Waals surface area contributed by atoms with E-state index in [-0.39, 0.29) is 6.61 Å². The van der Waals surface area contributed by atoms with Gasteiger partial charge >= 0.3 is 6.09 Å². The summed E-state index contributed by atoms with van der Waals surface area (Å²) in [6.45, 7) is 5.74. The highest BCUT2D eigenvalue weighted by Gasteiger charge is 2.37. The van der Waals surface area contributed by atoms with Crippen molar-refractivity contribution in [3.8, 4) is 0 Å². The number of carbonyl (C=O) groups is 1. The maximum Gasteiger partial charge on any atom is 0.411 e. The fraction of sp³-hybridized carbons (Fsp3) is 0.173. The van der Waals surface area contributed by atoms with Gasteiger partial charge in [-0.25, -0.2) is 4.79 Å². The van der Waals surface area contributed by atoms with E-state index in [1.54, 1.807) is 0 Å². The lowest BCUT2D eigenvalue weighted by Gasteiger charge is -2.36. The van der Waals surface area contributed by atoms with Crippen LogP contribution in [0, 0.1) is 0 Å². The summed E-state index contributed by atoms with van der Waals surface area (Å²) in [5, 5.41) is 12.1. The van der Waals surface area contributed by atoms with Crippen LogP contribution >= 0.6 is 0 Å². The first-order valence-electron chi connectivity index (χ1n) is 19.8. The molecular formula is C52H47NO4. The van der Waals surface area contributed by atoms with Crippen LogP contribution < -0.4 is 5.32 Å². The molecule has 1 amide bonds. The minimum absolute atomic E-state index is 0.0861. The van der Waals surface area contributed by atoms with Crippen molar-refractivity contribution in [3.05, 3.63) is 199 Å². The van der Waals surface area contributed by atoms with Crippen LogP contribution in [0.3, 0.4) is 0 Å². The zero-order chi connectivity index (χ0) is 38.9. The number of hydrogen-bond acceptors (Lipinski definition) is 4. The molecule has 284 valence electrons. The number of unbranched alkanes of at least 4 members (excludes halogenated alkanes) is 3. The van der Waals surface area contributed by atoms with Crippen molar-refractivity contribution < 1.29 is 19.0 Å². The smallest absolute Gasteiger partial charge is 0.411 e. The number of benzene rings is 8. The minimum atomic E-state index is -0.692. The monoisotopic (exact) mass is 749 g/mol. The summed E-state index contributed by atoms with van der Waals surface area (Å²) in [4.78, 5) is 12.9. The van der Waals surface area contributed by atoms with Gasteiger partial charge in [0.05, 0.1) is 12.3 Å². The van der Waals surface area contributed by atoms with Gasteiger partial charge < -0.3 is 14.2 Å². The Morgan fingerprint density at radius 1 is 0.491 bits per heavy atom. The molecule has 5 nitrogen and oxygen atoms in total. The van der Waals surface area contributed by atoms with Gasteiger partial charge in [-0.05, 0) is 115 Å². The lowest BCUT2D eigenvalue weighted by molar-refractivity contribution is 0.0104. The van der Waals surface area contributed by atoms with Crippen LogP contribution in [0.15, 0.2) is 182 Å². The molecule has 0 fully saturated rings. The predicted octanol–water partition coefficient (Wildman–Crippen LogP) is 13.0. The maximum atomic E-state index is 12.9. The van der Waals surface area contributed by atoms with E-state index in [2.05, 4.69) is 151 Å². The number of hydrogen-bond donors (Lipinski definition) is 1. The Morgan fingerprint density at radius 3 is 1.54 bits per heavy atom. The normalized spacial score (nSPS) is 11.6. The SMILES string of the molecule is C=C(COCCCCCCOC(c1ccccc1)(c1ccccc1)c1ccccc1)COC(=O)Nc1cccc2cc3cc4cc5ccccc5cc4cc3cc12. The Morgan fingerprint density at radius 2 is 0.965 bits per heavy atom. The number of rotatable bonds is 16. The highest BCUT2D eigenvalue weighted by molar-refractivity contribution is 6.11. The molecule has 0 aliphatic heterocycles. The Hall–Kier alpha value is -6.27. The molecule has 0 aliphatic carbocycles. The van der Waals surface area contributed by atoms with Crippen LogP contribution in [0.5, 0.6) is 0 Å². The zero-order valence-corrected chi connectivity index (χ0v) is 32.2. The van der Waals surface area contributed by atoms with Crippen LogP contribution in [-0.2, 0) is 19.8 Å². The van der Waals surface area contributed by atoms with Crippen molar-refractivity contribution in [1.82, 2.24) is 0 Å². The van der Waals surface area contributed by atoms with Gasteiger partial charge in [-0.15, -0.1) is 0 Å². The van der Waals surface area contributed by atoms with Gasteiger partial charge in [-0.1, -0.05) is 147 Å². The van der Waals surface area contributed by atoms with Gasteiger partial charge in [-0.2, -0.15) is 0 Å². The van der Waals surface area contributed by atoms with E-state index >= 15 is 0 Å². The van der Waals surface area contributed by atoms with E-state index in [1.807, 2.05) is 30.3 Å². The van der Waals surface area contributed by atoms with Gasteiger partial charge in [0.2, 0.25) is 0 Å². The fourth-order valence-corrected chi connectivity index (χ4v) is 7.80. The highest BCUT2D eigenvalue weighted by atomic mass is 16.5. The van der Waals surface area contributed by atoms with E-state index in [0.29, 0.717) is 31.1 Å². The Bertz CT molecular complexity index is 2530. The quantitative estimate of drug-likeness (QED) is 0.0462. The molecule has 5 heteroatoms. The molecule has 0 radical (unpaired) electrons. The van der Waals surface area contributed by atoms with Crippen LogP contribution in [-0.4, -0.2) is 32.5 Å². The molecule has 0 aromatic heterocycles. The Kier molecular flexibility index (Phi) is 11.7. The average Bonchev–Trinajstić information content (AvgIpc) is 3.25. The van der Waals surface area contributed by atoms with E-state index in [1.165, 1.54) is 21.5 Å². The third-order valence-corrected chi connectivity index (χ3v) is 10.7. The summed E-state index contributed by atoms with van der Waals surface area (Å²) in [5.74, 6) is 0. The van der Waals surface area contributed by atoms with Gasteiger partial charge in [0.1, 0.15) is 12.2 Å². The Balaban J connectivity index is 0.786. The maximum absolute atomic E-state index is 12.9. The molecule has 0 heterocycles. The zero-order valence-electron chi connectivity index (χ0n) is 32.2. The largest absolute Gasteiger partial charge is 0.445 e. The number of carbonyl (C=O) groups excluding carboxylic acids is 1. The lowest BCUT2D eigenvalue weighted by Crippen LogP contribution is -2.33. The van der Waals surface area contributed by atoms with Gasteiger partial charge in [0.15, 0.2) is 0 Å². The first-order valence-corrected chi connectivity index (χ1v) is 19.8. The van der Waals surface area contributed by atoms with Crippen LogP contribution in [0.4, 0.5) is 10.5 Å². The predicted molar refractivity (Wildman–Crippen MR) is 235 cm³/mol. The summed E-state index contributed by atoms with van der Waals surface area (Å²) < 4.78 is 18.3. The first kappa shape index (κ1) is 37.6. The molecule has 0 saturated heterocycles. The first-order chi connectivity index (χ1) is 28.1. The molecule has 57 heavy (non-hydrogen) atoms. The molecule has 0 bridgehead atoms. The number of anilines is 1. The third kappa shape index (κ3) is 8.61. The molecule has 0 unspecified atom stereocenters. The number of fused-ring (bicyclic) bond motifs is 4. The minimum Gasteiger partial charge on any atom is -0.445 e. The summed E-state index contributed by atoms with van der Waals surface area (Å²) >= 11 is 0. The summed E-state index contributed by atoms with van der Waals surface area (Å²) in [6, 6.07) is 59.1. The Labute approximate surface area is 334 Å². The molecular weight excluding hydrogens is 703 g/mol. The average molecular weight is 750 g/mol. The van der Waals surface area contributed by atoms with E-state index < -0.39 is 11.7 Å². The van der Waals surface area contributed by atoms with E-state index in [0.717, 1.165) is 63.9 Å². The van der Waals surface area contributed by atoms with Crippen molar-refractivity contribution in [2.24, 2.45) is 0 Å². The summed E-state index contributed by atoms with van der Waals surface area (Å²) in [7, 11) is 0. The molecule has 1 N–H and O–H groups in total. The summed E-state index contributed by atoms with van der Waals surface area (Å²) in [6.07, 6.45) is 3.40. The third-order valence-electron chi connectivity index (χ3n) is 10.7. The van der Waals surface area contributed by atoms with Crippen LogP contribution in [0.2, 0.25) is 0 Å². The molecule has 0 spiro atoms. The fourth-order valence-electron chi connectivity index (χ4n) is 7.80. The van der Waals surface area contributed by atoms with Crippen molar-refractivity contribution in [2.75, 3.05) is 31.7 Å². The number of ether oxygens (including phenoxy) is 3. The molecule has 0 atom stereocenters. The lowest BCUT2D eigenvalue weighted by atomic mass is 9.80. The van der Waals surface area contributed by atoms with Crippen molar-refractivity contribution >= 4 is 54.9 Å². The van der Waals surface area contributed by atoms with Gasteiger partial charge in [-0.3, -0.25) is 5.32 Å². The van der Waals surface area contributed by atoms with Crippen LogP contribution in [0.1, 0.15) is 42.4 Å². The second-order valence-corrected chi connectivity index (χ2v) is 14.7. The molecule has 0 saturated carbocycles. The second-order valence-electron chi connectivity index (χ2n) is 14.7. The standard InChI is InChI=1S/C52H47NO4/c1-38(36-55-28-15-2-3-16-29-57-52(46-21-7-4-8-22-46,47-23-9-5-10-24-47)48-25-11-6-12-26-48)37-56-51(54)53-50-27-17-20-41-32-44-33-42-30-39-18-13-14-19-40(39)31-43(42)34-45(44)35-49(41)50/h4-14,17-27,30-35H,1-3,15-16,28-29,36-37H2,(H,53,54). The molecule has 8 rings (SSSR count). The number of nitrogens with one attached hydrogen (secondary N) is 1. The van der Waals surface area contributed by atoms with Crippen molar-refractivity contribution in [1.29, 1.82) is 0 Å². The second kappa shape index (κ2) is 17.7. The van der Waals surface area contributed by atoms with Crippen molar-refractivity contribution in [2.45, 2.75) is 31.3 Å². The highest BCUT2D eigenvalue weighted by Crippen LogP contribution is 2.40. The van der Waals surface area contributed by atoms with E-state index in [9.17, 15) is 4.79 Å². The van der Waals surface area contributed by atoms with Gasteiger partial charge in [0.25, 0.3) is 0 Å². The molecule has 0 aliphatic rings. The van der Waals surface area contributed by atoms with E-state index in [4.69, 9.17) is 14.2 Å². The van der Waals surface area contributed by atoms with Crippen LogP contribution in [0.25, 0.3) is 43.1 Å². The number of amides is 1. The van der Waals surface area contributed by atoms with Gasteiger partial charge in [0, 0.05) is 18.6 Å². The summed E-state index contributed by atoms with van der Waals surface area (Å²) in [5.41, 5.74) is 4.06. The molecule has 8 aromatic carbocycles. The topological polar surface area (TPSA) is 56.8 Å².